The molecule has 0 unspecified atom stereocenters. The first-order chi connectivity index (χ1) is 11.5. The number of ether oxygens (including phenoxy) is 1. The lowest BCUT2D eigenvalue weighted by Gasteiger charge is -2.11. The van der Waals surface area contributed by atoms with Gasteiger partial charge in [-0.1, -0.05) is 12.1 Å². The molecule has 7 nitrogen and oxygen atoms in total. The molecule has 0 heterocycles. The lowest BCUT2D eigenvalue weighted by molar-refractivity contribution is -0.138. The van der Waals surface area contributed by atoms with Crippen LogP contribution < -0.4 is 9.62 Å². The molecule has 1 N–H and O–H groups in total. The van der Waals surface area contributed by atoms with Crippen molar-refractivity contribution in [3.8, 4) is 6.07 Å². The minimum atomic E-state index is -0.664. The third-order valence-corrected chi connectivity index (χ3v) is 3.57. The molecular weight excluding hydrogens is 326 g/mol. The zero-order valence-electron chi connectivity index (χ0n) is 14.2. The summed E-state index contributed by atoms with van der Waals surface area (Å²) < 4.78 is 11.7. The van der Waals surface area contributed by atoms with Gasteiger partial charge in [-0.15, -0.1) is 4.47 Å². The highest BCUT2D eigenvalue weighted by Crippen LogP contribution is 2.10. The van der Waals surface area contributed by atoms with E-state index < -0.39 is 16.8 Å². The van der Waals surface area contributed by atoms with Crippen molar-refractivity contribution in [1.82, 2.24) is 4.72 Å². The number of carbonyl (C=O) groups excluding carboxylic acids is 1. The summed E-state index contributed by atoms with van der Waals surface area (Å²) in [7, 11) is 3.29. The van der Waals surface area contributed by atoms with Crippen LogP contribution in [0.15, 0.2) is 45.6 Å². The van der Waals surface area contributed by atoms with Crippen molar-refractivity contribution in [2.45, 2.75) is 6.92 Å². The number of rotatable bonds is 7. The van der Waals surface area contributed by atoms with Crippen LogP contribution in [0.4, 0.5) is 5.69 Å². The Labute approximate surface area is 144 Å². The topological polar surface area (TPSA) is 90.1 Å². The molecule has 0 aromatic heterocycles. The van der Waals surface area contributed by atoms with Crippen molar-refractivity contribution in [3.05, 3.63) is 41.6 Å². The first kappa shape index (κ1) is 19.4. The molecule has 0 saturated carbocycles. The fourth-order valence-corrected chi connectivity index (χ4v) is 2.06. The average Bonchev–Trinajstić information content (AvgIpc) is 2.56. The van der Waals surface area contributed by atoms with E-state index in [0.717, 1.165) is 11.3 Å². The molecule has 0 fully saturated rings. The van der Waals surface area contributed by atoms with Crippen LogP contribution in [0.3, 0.4) is 0 Å². The second-order valence-corrected chi connectivity index (χ2v) is 6.15. The van der Waals surface area contributed by atoms with Crippen LogP contribution in [-0.2, 0) is 20.4 Å². The van der Waals surface area contributed by atoms with Crippen molar-refractivity contribution in [1.29, 1.82) is 5.26 Å². The maximum Gasteiger partial charge on any atom is 0.350 e. The lowest BCUT2D eigenvalue weighted by atomic mass is 10.2. The maximum absolute atomic E-state index is 11.4. The molecule has 0 amide bonds. The maximum atomic E-state index is 11.4. The Hall–Kier alpha value is -2.66. The van der Waals surface area contributed by atoms with E-state index in [9.17, 15) is 4.79 Å². The van der Waals surface area contributed by atoms with Crippen LogP contribution in [0.1, 0.15) is 12.5 Å². The van der Waals surface area contributed by atoms with Crippen LogP contribution >= 0.6 is 0 Å². The predicted octanol–water partition coefficient (Wildman–Crippen LogP) is 1.99. The molecule has 0 radical (unpaired) electrons. The molecular formula is C16H21N5O2S. The third kappa shape index (κ3) is 6.62. The van der Waals surface area contributed by atoms with E-state index in [1.807, 2.05) is 43.3 Å². The monoisotopic (exact) mass is 347 g/mol. The number of nitrogens with zero attached hydrogens (tertiary/aromatic N) is 4. The van der Waals surface area contributed by atoms with Gasteiger partial charge in [-0.25, -0.2) is 4.79 Å². The summed E-state index contributed by atoms with van der Waals surface area (Å²) in [5.41, 5.74) is 1.94. The largest absolute Gasteiger partial charge is 0.462 e. The van der Waals surface area contributed by atoms with Gasteiger partial charge in [0.1, 0.15) is 6.07 Å². The van der Waals surface area contributed by atoms with E-state index >= 15 is 0 Å². The van der Waals surface area contributed by atoms with Crippen LogP contribution in [0, 0.1) is 11.3 Å². The zero-order valence-corrected chi connectivity index (χ0v) is 15.0. The van der Waals surface area contributed by atoms with E-state index in [1.54, 1.807) is 25.5 Å². The first-order valence-electron chi connectivity index (χ1n) is 7.19. The highest BCUT2D eigenvalue weighted by molar-refractivity contribution is 7.84. The number of anilines is 1. The highest BCUT2D eigenvalue weighted by Gasteiger charge is 2.08. The second kappa shape index (κ2) is 10.2. The lowest BCUT2D eigenvalue weighted by Crippen LogP contribution is -2.13. The van der Waals surface area contributed by atoms with Gasteiger partial charge in [0.2, 0.25) is 0 Å². The summed E-state index contributed by atoms with van der Waals surface area (Å²) in [5, 5.41) is 12.9. The van der Waals surface area contributed by atoms with Crippen molar-refractivity contribution in [2.24, 2.45) is 9.57 Å². The Morgan fingerprint density at radius 1 is 1.42 bits per heavy atom. The Morgan fingerprint density at radius 3 is 2.62 bits per heavy atom. The van der Waals surface area contributed by atoms with Crippen molar-refractivity contribution in [2.75, 3.05) is 31.9 Å². The zero-order chi connectivity index (χ0) is 17.9. The van der Waals surface area contributed by atoms with Crippen molar-refractivity contribution >= 4 is 28.7 Å². The van der Waals surface area contributed by atoms with Gasteiger partial charge < -0.3 is 14.4 Å². The summed E-state index contributed by atoms with van der Waals surface area (Å²) >= 11 is 0. The Morgan fingerprint density at radius 2 is 2.08 bits per heavy atom. The highest BCUT2D eigenvalue weighted by atomic mass is 32.2. The normalized spacial score (nSPS) is 12.7. The second-order valence-electron chi connectivity index (χ2n) is 4.80. The Kier molecular flexibility index (Phi) is 8.22. The Bertz CT molecular complexity index is 687. The number of hydrogen-bond acceptors (Lipinski definition) is 5. The Balaban J connectivity index is 2.66. The summed E-state index contributed by atoms with van der Waals surface area (Å²) in [6.07, 6.45) is 4.72. The number of benzene rings is 1. The molecule has 8 heteroatoms. The molecule has 0 aliphatic heterocycles. The number of nitriles is 1. The quantitative estimate of drug-likeness (QED) is 0.268. The summed E-state index contributed by atoms with van der Waals surface area (Å²) in [6.45, 7) is 1.90. The van der Waals surface area contributed by atoms with Gasteiger partial charge in [0, 0.05) is 43.1 Å². The number of esters is 1. The molecule has 24 heavy (non-hydrogen) atoms. The summed E-state index contributed by atoms with van der Waals surface area (Å²) in [6, 6.07) is 9.66. The fourth-order valence-electron chi connectivity index (χ4n) is 1.53. The van der Waals surface area contributed by atoms with Gasteiger partial charge in [0.05, 0.1) is 12.8 Å². The van der Waals surface area contributed by atoms with Gasteiger partial charge in [0.25, 0.3) is 0 Å². The molecule has 1 aromatic rings. The van der Waals surface area contributed by atoms with Crippen LogP contribution in [0.2, 0.25) is 0 Å². The molecule has 1 atom stereocenters. The van der Waals surface area contributed by atoms with E-state index in [-0.39, 0.29) is 12.2 Å². The van der Waals surface area contributed by atoms with Crippen molar-refractivity contribution < 1.29 is 9.53 Å². The van der Waals surface area contributed by atoms with E-state index in [0.29, 0.717) is 0 Å². The minimum absolute atomic E-state index is 0.102. The standard InChI is InChI=1S/C16H21N5O2S/c1-5-23-16(22)14(10-17)12-19-24(4)20-18-11-13-6-8-15(9-7-13)21(2)3/h6-9,11-12H,5H2,1-4H3,(H,19,20)/b14-12+,18-11-/t24-/m1/s1. The van der Waals surface area contributed by atoms with Crippen LogP contribution in [0.5, 0.6) is 0 Å². The van der Waals surface area contributed by atoms with Gasteiger partial charge in [-0.2, -0.15) is 10.4 Å². The molecule has 1 rings (SSSR count). The van der Waals surface area contributed by atoms with Gasteiger partial charge in [-0.05, 0) is 24.6 Å². The van der Waals surface area contributed by atoms with Crippen molar-refractivity contribution in [3.63, 3.8) is 0 Å². The smallest absolute Gasteiger partial charge is 0.350 e. The van der Waals surface area contributed by atoms with Gasteiger partial charge in [-0.3, -0.25) is 0 Å². The SMILES string of the molecule is CCOC(=O)/C(C#N)=C/N/[S@@](C)=N\N=C/c1ccc(N(C)C)cc1. The van der Waals surface area contributed by atoms with E-state index in [1.165, 1.54) is 6.20 Å². The minimum Gasteiger partial charge on any atom is -0.462 e. The van der Waals surface area contributed by atoms with E-state index in [2.05, 4.69) is 14.3 Å². The van der Waals surface area contributed by atoms with E-state index in [4.69, 9.17) is 10.00 Å². The molecule has 0 aliphatic carbocycles. The van der Waals surface area contributed by atoms with Crippen LogP contribution in [-0.4, -0.2) is 39.1 Å². The molecule has 0 saturated heterocycles. The molecule has 128 valence electrons. The van der Waals surface area contributed by atoms with Gasteiger partial charge >= 0.3 is 5.97 Å². The number of nitrogens with one attached hydrogen (secondary N) is 1. The van der Waals surface area contributed by atoms with Gasteiger partial charge in [0.15, 0.2) is 5.57 Å². The fraction of sp³-hybridized carbons (Fsp3) is 0.312. The number of hydrogen-bond donors (Lipinski definition) is 1. The predicted molar refractivity (Wildman–Crippen MR) is 97.5 cm³/mol. The first-order valence-corrected chi connectivity index (χ1v) is 8.78. The molecule has 0 bridgehead atoms. The van der Waals surface area contributed by atoms with Crippen LogP contribution in [0.25, 0.3) is 0 Å². The summed E-state index contributed by atoms with van der Waals surface area (Å²) in [4.78, 5) is 13.5. The summed E-state index contributed by atoms with van der Waals surface area (Å²) in [5.74, 6) is -0.658. The molecule has 0 aliphatic rings. The molecule has 1 aromatic carbocycles. The average molecular weight is 347 g/mol. The third-order valence-electron chi connectivity index (χ3n) is 2.78. The molecule has 0 spiro atoms. The number of carbonyl (C=O) groups is 1.